The molecule has 13 heavy (non-hydrogen) atoms. The van der Waals surface area contributed by atoms with E-state index in [1.807, 2.05) is 30.3 Å². The van der Waals surface area contributed by atoms with Gasteiger partial charge in [0.2, 0.25) is 0 Å². The van der Waals surface area contributed by atoms with Crippen LogP contribution in [0.3, 0.4) is 0 Å². The second-order valence-electron chi connectivity index (χ2n) is 2.55. The molecule has 0 amide bonds. The zero-order valence-corrected chi connectivity index (χ0v) is 7.27. The van der Waals surface area contributed by atoms with Crippen molar-refractivity contribution in [3.8, 4) is 0 Å². The average Bonchev–Trinajstić information content (AvgIpc) is 2.15. The molecule has 2 heteroatoms. The first-order chi connectivity index (χ1) is 6.24. The van der Waals surface area contributed by atoms with Gasteiger partial charge in [-0.3, -0.25) is 4.99 Å². The zero-order chi connectivity index (χ0) is 9.68. The minimum Gasteiger partial charge on any atom is -0.509 e. The Balaban J connectivity index is 3.05. The highest BCUT2D eigenvalue weighted by molar-refractivity contribution is 5.69. The minimum atomic E-state index is -0.0220. The normalized spacial score (nSPS) is 10.9. The molecule has 0 saturated carbocycles. The minimum absolute atomic E-state index is 0.0220. The molecule has 0 saturated heterocycles. The van der Waals surface area contributed by atoms with E-state index in [1.165, 1.54) is 6.08 Å². The highest BCUT2D eigenvalue weighted by Crippen LogP contribution is 2.15. The summed E-state index contributed by atoms with van der Waals surface area (Å²) in [6.45, 7) is 6.78. The van der Waals surface area contributed by atoms with Crippen molar-refractivity contribution >= 4 is 12.4 Å². The molecule has 0 aliphatic carbocycles. The van der Waals surface area contributed by atoms with Crippen LogP contribution in [0.2, 0.25) is 0 Å². The van der Waals surface area contributed by atoms with E-state index in [0.29, 0.717) is 5.70 Å². The van der Waals surface area contributed by atoms with Crippen molar-refractivity contribution in [3.63, 3.8) is 0 Å². The predicted molar refractivity (Wildman–Crippen MR) is 55.7 cm³/mol. The molecule has 0 spiro atoms. The molecule has 0 fully saturated rings. The number of nitrogens with zero attached hydrogens (tertiary/aromatic N) is 1. The zero-order valence-electron chi connectivity index (χ0n) is 7.27. The van der Waals surface area contributed by atoms with Crippen LogP contribution in [0.25, 0.3) is 5.70 Å². The van der Waals surface area contributed by atoms with E-state index < -0.39 is 0 Å². The maximum Gasteiger partial charge on any atom is 0.110 e. The van der Waals surface area contributed by atoms with Gasteiger partial charge >= 0.3 is 0 Å². The summed E-state index contributed by atoms with van der Waals surface area (Å²) in [5, 5.41) is 8.96. The fourth-order valence-electron chi connectivity index (χ4n) is 0.987. The van der Waals surface area contributed by atoms with Crippen LogP contribution in [0.15, 0.2) is 53.7 Å². The van der Waals surface area contributed by atoms with E-state index in [1.54, 1.807) is 0 Å². The maximum atomic E-state index is 8.96. The van der Waals surface area contributed by atoms with E-state index in [-0.39, 0.29) is 5.76 Å². The monoisotopic (exact) mass is 173 g/mol. The van der Waals surface area contributed by atoms with Crippen molar-refractivity contribution in [2.75, 3.05) is 0 Å². The number of allylic oxidation sites excluding steroid dienone is 1. The van der Waals surface area contributed by atoms with Crippen molar-refractivity contribution in [2.45, 2.75) is 0 Å². The van der Waals surface area contributed by atoms with Gasteiger partial charge in [0.15, 0.2) is 0 Å². The van der Waals surface area contributed by atoms with Crippen molar-refractivity contribution in [1.82, 2.24) is 0 Å². The summed E-state index contributed by atoms with van der Waals surface area (Å²) in [5.41, 5.74) is 1.53. The number of aliphatic hydroxyl groups excluding tert-OH is 1. The summed E-state index contributed by atoms with van der Waals surface area (Å²) in [6, 6.07) is 9.49. The molecule has 0 aromatic heterocycles. The molecule has 0 heterocycles. The molecular formula is C11H11NO. The van der Waals surface area contributed by atoms with Gasteiger partial charge in [-0.2, -0.15) is 0 Å². The van der Waals surface area contributed by atoms with Crippen LogP contribution in [-0.4, -0.2) is 11.8 Å². The first kappa shape index (κ1) is 9.26. The fourth-order valence-corrected chi connectivity index (χ4v) is 0.987. The lowest BCUT2D eigenvalue weighted by Gasteiger charge is -1.99. The summed E-state index contributed by atoms with van der Waals surface area (Å²) in [5.74, 6) is -0.0220. The van der Waals surface area contributed by atoms with Gasteiger partial charge in [0.25, 0.3) is 0 Å². The van der Waals surface area contributed by atoms with Crippen molar-refractivity contribution < 1.29 is 5.11 Å². The molecular weight excluding hydrogens is 162 g/mol. The first-order valence-electron chi connectivity index (χ1n) is 3.86. The Labute approximate surface area is 77.6 Å². The molecule has 1 rings (SSSR count). The molecule has 0 atom stereocenters. The Kier molecular flexibility index (Phi) is 3.03. The Morgan fingerprint density at radius 3 is 2.38 bits per heavy atom. The number of benzene rings is 1. The Bertz CT molecular complexity index is 338. The third-order valence-electron chi connectivity index (χ3n) is 1.54. The number of aliphatic hydroxyl groups is 1. The van der Waals surface area contributed by atoms with Gasteiger partial charge in [0, 0.05) is 11.6 Å². The van der Waals surface area contributed by atoms with E-state index in [2.05, 4.69) is 18.3 Å². The molecule has 1 N–H and O–H groups in total. The first-order valence-corrected chi connectivity index (χ1v) is 3.86. The lowest BCUT2D eigenvalue weighted by Crippen LogP contribution is -1.81. The summed E-state index contributed by atoms with van der Waals surface area (Å²) in [4.78, 5) is 3.79. The van der Waals surface area contributed by atoms with Gasteiger partial charge < -0.3 is 5.11 Å². The summed E-state index contributed by atoms with van der Waals surface area (Å²) >= 11 is 0. The van der Waals surface area contributed by atoms with Crippen molar-refractivity contribution in [1.29, 1.82) is 0 Å². The number of hydrogen-bond acceptors (Lipinski definition) is 2. The largest absolute Gasteiger partial charge is 0.509 e. The molecule has 1 aromatic carbocycles. The third-order valence-corrected chi connectivity index (χ3v) is 1.54. The molecule has 0 radical (unpaired) electrons. The highest BCUT2D eigenvalue weighted by Gasteiger charge is 1.96. The van der Waals surface area contributed by atoms with Gasteiger partial charge in [0.05, 0.1) is 5.70 Å². The van der Waals surface area contributed by atoms with Gasteiger partial charge in [-0.25, -0.2) is 0 Å². The number of rotatable bonds is 3. The van der Waals surface area contributed by atoms with Gasteiger partial charge in [0.1, 0.15) is 5.76 Å². The van der Waals surface area contributed by atoms with E-state index in [4.69, 9.17) is 5.11 Å². The number of hydrogen-bond donors (Lipinski definition) is 1. The topological polar surface area (TPSA) is 32.6 Å². The smallest absolute Gasteiger partial charge is 0.110 e. The van der Waals surface area contributed by atoms with E-state index in [9.17, 15) is 0 Å². The fraction of sp³-hybridized carbons (Fsp3) is 0. The van der Waals surface area contributed by atoms with Crippen LogP contribution >= 0.6 is 0 Å². The van der Waals surface area contributed by atoms with Crippen LogP contribution in [0.5, 0.6) is 0 Å². The lowest BCUT2D eigenvalue weighted by atomic mass is 10.1. The predicted octanol–water partition coefficient (Wildman–Crippen LogP) is 2.80. The van der Waals surface area contributed by atoms with Gasteiger partial charge in [-0.05, 0) is 6.72 Å². The highest BCUT2D eigenvalue weighted by atomic mass is 16.3. The second kappa shape index (κ2) is 4.26. The molecule has 0 aliphatic rings. The number of aliphatic imine (C=N–C) groups is 1. The van der Waals surface area contributed by atoms with Gasteiger partial charge in [-0.1, -0.05) is 36.9 Å². The van der Waals surface area contributed by atoms with E-state index >= 15 is 0 Å². The van der Waals surface area contributed by atoms with Crippen LogP contribution in [-0.2, 0) is 0 Å². The molecule has 0 aliphatic heterocycles. The Hall–Kier alpha value is -1.83. The molecule has 1 aromatic rings. The Morgan fingerprint density at radius 2 is 1.92 bits per heavy atom. The average molecular weight is 173 g/mol. The van der Waals surface area contributed by atoms with E-state index in [0.717, 1.165) is 5.56 Å². The third kappa shape index (κ3) is 2.60. The maximum absolute atomic E-state index is 8.96. The summed E-state index contributed by atoms with van der Waals surface area (Å²) in [6.07, 6.45) is 1.47. The van der Waals surface area contributed by atoms with Gasteiger partial charge in [-0.15, -0.1) is 0 Å². The quantitative estimate of drug-likeness (QED) is 0.425. The van der Waals surface area contributed by atoms with Crippen LogP contribution in [0, 0.1) is 0 Å². The second-order valence-corrected chi connectivity index (χ2v) is 2.55. The Morgan fingerprint density at radius 1 is 1.31 bits per heavy atom. The standard InChI is InChI=1S/C11H11NO/c1-9(13)8-11(12-2)10-6-4-3-5-7-10/h3-8,13H,1-2H2/b11-8-. The molecule has 2 nitrogen and oxygen atoms in total. The molecule has 0 bridgehead atoms. The van der Waals surface area contributed by atoms with Crippen molar-refractivity contribution in [3.05, 3.63) is 54.3 Å². The van der Waals surface area contributed by atoms with Crippen molar-refractivity contribution in [2.24, 2.45) is 4.99 Å². The SMILES string of the molecule is C=N/C(=C\C(=C)O)c1ccccc1. The summed E-state index contributed by atoms with van der Waals surface area (Å²) < 4.78 is 0. The summed E-state index contributed by atoms with van der Waals surface area (Å²) in [7, 11) is 0. The molecule has 0 unspecified atom stereocenters. The van der Waals surface area contributed by atoms with Crippen LogP contribution in [0.1, 0.15) is 5.56 Å². The lowest BCUT2D eigenvalue weighted by molar-refractivity contribution is 0.435. The molecule has 66 valence electrons. The van der Waals surface area contributed by atoms with Crippen LogP contribution < -0.4 is 0 Å². The van der Waals surface area contributed by atoms with Crippen LogP contribution in [0.4, 0.5) is 0 Å².